The average molecular weight is 300 g/mol. The molecule has 0 aliphatic heterocycles. The lowest BCUT2D eigenvalue weighted by molar-refractivity contribution is 0.471. The first-order chi connectivity index (χ1) is 11.0. The SMILES string of the molecule is Cc1cc(-c2cccc3c2C(C)(C)c2ccccc2-3)ccc1O. The van der Waals surface area contributed by atoms with E-state index in [1.165, 1.54) is 27.8 Å². The van der Waals surface area contributed by atoms with Crippen molar-refractivity contribution in [2.45, 2.75) is 26.2 Å². The Bertz CT molecular complexity index is 919. The second-order valence-corrected chi connectivity index (χ2v) is 6.90. The van der Waals surface area contributed by atoms with E-state index in [0.29, 0.717) is 5.75 Å². The van der Waals surface area contributed by atoms with Gasteiger partial charge in [0.15, 0.2) is 0 Å². The number of hydrogen-bond acceptors (Lipinski definition) is 1. The van der Waals surface area contributed by atoms with Gasteiger partial charge in [0.25, 0.3) is 0 Å². The number of rotatable bonds is 1. The molecule has 0 aromatic heterocycles. The lowest BCUT2D eigenvalue weighted by Crippen LogP contribution is -2.16. The standard InChI is InChI=1S/C22H20O/c1-14-13-15(11-12-20(14)23)16-8-6-9-18-17-7-4-5-10-19(17)22(2,3)21(16)18/h4-13,23H,1-3H3. The molecule has 0 spiro atoms. The summed E-state index contributed by atoms with van der Waals surface area (Å²) in [5.74, 6) is 0.351. The molecular weight excluding hydrogens is 280 g/mol. The number of phenolic OH excluding ortho intramolecular Hbond substituents is 1. The van der Waals surface area contributed by atoms with Gasteiger partial charge in [0.05, 0.1) is 0 Å². The van der Waals surface area contributed by atoms with Crippen LogP contribution in [0.1, 0.15) is 30.5 Å². The van der Waals surface area contributed by atoms with Gasteiger partial charge in [0, 0.05) is 5.41 Å². The van der Waals surface area contributed by atoms with Gasteiger partial charge >= 0.3 is 0 Å². The van der Waals surface area contributed by atoms with Crippen LogP contribution < -0.4 is 0 Å². The molecule has 1 N–H and O–H groups in total. The molecule has 0 radical (unpaired) electrons. The van der Waals surface area contributed by atoms with Crippen LogP contribution in [-0.4, -0.2) is 5.11 Å². The van der Waals surface area contributed by atoms with Crippen molar-refractivity contribution >= 4 is 0 Å². The van der Waals surface area contributed by atoms with Crippen LogP contribution in [0.5, 0.6) is 5.75 Å². The molecule has 0 atom stereocenters. The van der Waals surface area contributed by atoms with E-state index < -0.39 is 0 Å². The average Bonchev–Trinajstić information content (AvgIpc) is 2.79. The van der Waals surface area contributed by atoms with Gasteiger partial charge in [-0.2, -0.15) is 0 Å². The van der Waals surface area contributed by atoms with Crippen molar-refractivity contribution in [2.75, 3.05) is 0 Å². The summed E-state index contributed by atoms with van der Waals surface area (Å²) >= 11 is 0. The van der Waals surface area contributed by atoms with Crippen LogP contribution >= 0.6 is 0 Å². The predicted molar refractivity (Wildman–Crippen MR) is 95.8 cm³/mol. The molecule has 23 heavy (non-hydrogen) atoms. The summed E-state index contributed by atoms with van der Waals surface area (Å²) in [5, 5.41) is 9.83. The number of phenols is 1. The Labute approximate surface area is 137 Å². The maximum absolute atomic E-state index is 9.83. The molecular formula is C22H20O. The van der Waals surface area contributed by atoms with Crippen LogP contribution in [0, 0.1) is 6.92 Å². The van der Waals surface area contributed by atoms with E-state index in [1.807, 2.05) is 13.0 Å². The van der Waals surface area contributed by atoms with E-state index in [4.69, 9.17) is 0 Å². The molecule has 0 bridgehead atoms. The van der Waals surface area contributed by atoms with Crippen LogP contribution in [-0.2, 0) is 5.41 Å². The molecule has 0 amide bonds. The van der Waals surface area contributed by atoms with E-state index in [-0.39, 0.29) is 5.41 Å². The lowest BCUT2D eigenvalue weighted by atomic mass is 9.79. The Balaban J connectivity index is 2.02. The number of benzene rings is 3. The maximum atomic E-state index is 9.83. The Morgan fingerprint density at radius 3 is 2.26 bits per heavy atom. The molecule has 0 saturated carbocycles. The van der Waals surface area contributed by atoms with Crippen LogP contribution in [0.15, 0.2) is 60.7 Å². The summed E-state index contributed by atoms with van der Waals surface area (Å²) in [5.41, 5.74) is 8.75. The molecule has 4 rings (SSSR count). The Kier molecular flexibility index (Phi) is 2.89. The minimum absolute atomic E-state index is 0.0195. The molecule has 0 unspecified atom stereocenters. The fraction of sp³-hybridized carbons (Fsp3) is 0.182. The molecule has 1 nitrogen and oxygen atoms in total. The smallest absolute Gasteiger partial charge is 0.118 e. The predicted octanol–water partition coefficient (Wildman–Crippen LogP) is 5.67. The summed E-state index contributed by atoms with van der Waals surface area (Å²) < 4.78 is 0. The van der Waals surface area contributed by atoms with Crippen molar-refractivity contribution in [1.29, 1.82) is 0 Å². The van der Waals surface area contributed by atoms with Gasteiger partial charge in [-0.05, 0) is 58.0 Å². The third-order valence-electron chi connectivity index (χ3n) is 5.09. The van der Waals surface area contributed by atoms with Gasteiger partial charge in [0.2, 0.25) is 0 Å². The van der Waals surface area contributed by atoms with E-state index >= 15 is 0 Å². The molecule has 1 aliphatic rings. The van der Waals surface area contributed by atoms with Gasteiger partial charge in [-0.25, -0.2) is 0 Å². The first-order valence-corrected chi connectivity index (χ1v) is 8.03. The summed E-state index contributed by atoms with van der Waals surface area (Å²) in [6.45, 7) is 6.55. The van der Waals surface area contributed by atoms with E-state index in [9.17, 15) is 5.11 Å². The van der Waals surface area contributed by atoms with Crippen LogP contribution in [0.4, 0.5) is 0 Å². The molecule has 3 aromatic carbocycles. The third kappa shape index (κ3) is 1.93. The number of fused-ring (bicyclic) bond motifs is 3. The van der Waals surface area contributed by atoms with E-state index in [1.54, 1.807) is 6.07 Å². The fourth-order valence-corrected chi connectivity index (χ4v) is 3.91. The molecule has 3 aromatic rings. The minimum atomic E-state index is -0.0195. The van der Waals surface area contributed by atoms with Crippen molar-refractivity contribution in [2.24, 2.45) is 0 Å². The highest BCUT2D eigenvalue weighted by molar-refractivity contribution is 5.88. The van der Waals surface area contributed by atoms with Gasteiger partial charge in [-0.15, -0.1) is 0 Å². The van der Waals surface area contributed by atoms with Crippen molar-refractivity contribution in [1.82, 2.24) is 0 Å². The fourth-order valence-electron chi connectivity index (χ4n) is 3.91. The highest BCUT2D eigenvalue weighted by Gasteiger charge is 2.37. The van der Waals surface area contributed by atoms with Crippen LogP contribution in [0.3, 0.4) is 0 Å². The van der Waals surface area contributed by atoms with Crippen LogP contribution in [0.25, 0.3) is 22.3 Å². The first-order valence-electron chi connectivity index (χ1n) is 8.03. The molecule has 1 heteroatoms. The van der Waals surface area contributed by atoms with Crippen LogP contribution in [0.2, 0.25) is 0 Å². The quantitative estimate of drug-likeness (QED) is 0.613. The monoisotopic (exact) mass is 300 g/mol. The van der Waals surface area contributed by atoms with E-state index in [0.717, 1.165) is 11.1 Å². The van der Waals surface area contributed by atoms with Crippen molar-refractivity contribution in [3.05, 3.63) is 77.4 Å². The van der Waals surface area contributed by atoms with E-state index in [2.05, 4.69) is 62.4 Å². The van der Waals surface area contributed by atoms with Crippen molar-refractivity contribution in [3.63, 3.8) is 0 Å². The topological polar surface area (TPSA) is 20.2 Å². The summed E-state index contributed by atoms with van der Waals surface area (Å²) in [4.78, 5) is 0. The molecule has 0 heterocycles. The molecule has 1 aliphatic carbocycles. The zero-order valence-electron chi connectivity index (χ0n) is 13.7. The first kappa shape index (κ1) is 14.1. The van der Waals surface area contributed by atoms with Gasteiger partial charge in [-0.3, -0.25) is 0 Å². The number of hydrogen-bond donors (Lipinski definition) is 1. The zero-order chi connectivity index (χ0) is 16.2. The zero-order valence-corrected chi connectivity index (χ0v) is 13.7. The largest absolute Gasteiger partial charge is 0.508 e. The summed E-state index contributed by atoms with van der Waals surface area (Å²) in [6, 6.07) is 21.1. The minimum Gasteiger partial charge on any atom is -0.508 e. The highest BCUT2D eigenvalue weighted by Crippen LogP contribution is 2.52. The number of aromatic hydroxyl groups is 1. The summed E-state index contributed by atoms with van der Waals surface area (Å²) in [6.07, 6.45) is 0. The van der Waals surface area contributed by atoms with Gasteiger partial charge in [-0.1, -0.05) is 62.4 Å². The van der Waals surface area contributed by atoms with Gasteiger partial charge in [0.1, 0.15) is 5.75 Å². The Morgan fingerprint density at radius 1 is 0.783 bits per heavy atom. The van der Waals surface area contributed by atoms with Crippen molar-refractivity contribution < 1.29 is 5.11 Å². The molecule has 0 saturated heterocycles. The van der Waals surface area contributed by atoms with Crippen molar-refractivity contribution in [3.8, 4) is 28.0 Å². The highest BCUT2D eigenvalue weighted by atomic mass is 16.3. The second-order valence-electron chi connectivity index (χ2n) is 6.90. The third-order valence-corrected chi connectivity index (χ3v) is 5.09. The normalized spacial score (nSPS) is 14.4. The Hall–Kier alpha value is -2.54. The molecule has 0 fully saturated rings. The Morgan fingerprint density at radius 2 is 1.48 bits per heavy atom. The second kappa shape index (κ2) is 4.73. The lowest BCUT2D eigenvalue weighted by Gasteiger charge is -2.24. The maximum Gasteiger partial charge on any atom is 0.118 e. The molecule has 114 valence electrons. The number of aryl methyl sites for hydroxylation is 1. The summed E-state index contributed by atoms with van der Waals surface area (Å²) in [7, 11) is 0. The van der Waals surface area contributed by atoms with Gasteiger partial charge < -0.3 is 5.11 Å².